The molecule has 152 valence electrons. The van der Waals surface area contributed by atoms with Crippen molar-refractivity contribution >= 4 is 33.0 Å². The molecular formula is C21H20ClNO4S2. The third-order valence-corrected chi connectivity index (χ3v) is 8.08. The maximum absolute atomic E-state index is 12.9. The van der Waals surface area contributed by atoms with Crippen molar-refractivity contribution < 1.29 is 17.9 Å². The zero-order valence-corrected chi connectivity index (χ0v) is 18.0. The molecule has 5 nitrogen and oxygen atoms in total. The van der Waals surface area contributed by atoms with Crippen LogP contribution in [-0.2, 0) is 34.5 Å². The molecule has 0 unspecified atom stereocenters. The Hall–Kier alpha value is -1.90. The number of ether oxygens (including phenoxy) is 2. The quantitative estimate of drug-likeness (QED) is 0.547. The predicted octanol–water partition coefficient (Wildman–Crippen LogP) is 4.70. The lowest BCUT2D eigenvalue weighted by molar-refractivity contribution is 0.107. The SMILES string of the molecule is O=S(=O)(c1cccs1)N1CCOc2ccc(COCc3ccc(Cl)cc3)cc2C1. The summed E-state index contributed by atoms with van der Waals surface area (Å²) >= 11 is 7.13. The lowest BCUT2D eigenvalue weighted by atomic mass is 10.1. The first kappa shape index (κ1) is 20.4. The van der Waals surface area contributed by atoms with Gasteiger partial charge in [-0.1, -0.05) is 35.9 Å². The van der Waals surface area contributed by atoms with Crippen LogP contribution in [0.3, 0.4) is 0 Å². The molecule has 1 aliphatic rings. The molecule has 2 aromatic carbocycles. The first-order valence-electron chi connectivity index (χ1n) is 9.13. The first-order valence-corrected chi connectivity index (χ1v) is 11.8. The topological polar surface area (TPSA) is 55.8 Å². The fourth-order valence-electron chi connectivity index (χ4n) is 3.12. The van der Waals surface area contributed by atoms with Crippen molar-refractivity contribution in [1.82, 2.24) is 4.31 Å². The molecule has 2 heterocycles. The zero-order chi connectivity index (χ0) is 20.3. The van der Waals surface area contributed by atoms with Crippen LogP contribution in [-0.4, -0.2) is 25.9 Å². The number of nitrogens with zero attached hydrogens (tertiary/aromatic N) is 1. The highest BCUT2D eigenvalue weighted by molar-refractivity contribution is 7.91. The van der Waals surface area contributed by atoms with Crippen molar-refractivity contribution in [3.05, 3.63) is 81.7 Å². The molecule has 0 saturated carbocycles. The highest BCUT2D eigenvalue weighted by Gasteiger charge is 2.28. The minimum absolute atomic E-state index is 0.278. The number of hydrogen-bond acceptors (Lipinski definition) is 5. The van der Waals surface area contributed by atoms with Gasteiger partial charge in [0.05, 0.1) is 13.2 Å². The molecule has 0 spiro atoms. The maximum atomic E-state index is 12.9. The molecule has 3 aromatic rings. The third kappa shape index (κ3) is 4.82. The summed E-state index contributed by atoms with van der Waals surface area (Å²) in [6.07, 6.45) is 0. The van der Waals surface area contributed by atoms with Gasteiger partial charge in [0.1, 0.15) is 16.6 Å². The van der Waals surface area contributed by atoms with Gasteiger partial charge in [0, 0.05) is 23.7 Å². The van der Waals surface area contributed by atoms with E-state index in [0.717, 1.165) is 22.4 Å². The van der Waals surface area contributed by atoms with Gasteiger partial charge in [0.2, 0.25) is 0 Å². The Morgan fingerprint density at radius 2 is 1.83 bits per heavy atom. The van der Waals surface area contributed by atoms with Crippen molar-refractivity contribution in [2.75, 3.05) is 13.2 Å². The standard InChI is InChI=1S/C21H20ClNO4S2/c22-19-6-3-16(4-7-19)14-26-15-17-5-8-20-18(12-17)13-23(9-10-27-20)29(24,25)21-2-1-11-28-21/h1-8,11-12H,9-10,13-15H2. The molecule has 0 radical (unpaired) electrons. The average Bonchev–Trinajstić information content (AvgIpc) is 3.17. The van der Waals surface area contributed by atoms with E-state index in [9.17, 15) is 8.42 Å². The molecule has 0 amide bonds. The van der Waals surface area contributed by atoms with Crippen LogP contribution in [0.2, 0.25) is 5.02 Å². The Morgan fingerprint density at radius 3 is 2.59 bits per heavy atom. The van der Waals surface area contributed by atoms with Crippen LogP contribution in [0.1, 0.15) is 16.7 Å². The summed E-state index contributed by atoms with van der Waals surface area (Å²) in [6, 6.07) is 16.7. The summed E-state index contributed by atoms with van der Waals surface area (Å²) < 4.78 is 39.2. The molecule has 0 aliphatic carbocycles. The lowest BCUT2D eigenvalue weighted by Crippen LogP contribution is -2.32. The van der Waals surface area contributed by atoms with Gasteiger partial charge in [-0.3, -0.25) is 0 Å². The summed E-state index contributed by atoms with van der Waals surface area (Å²) in [5.74, 6) is 0.718. The minimum Gasteiger partial charge on any atom is -0.492 e. The summed E-state index contributed by atoms with van der Waals surface area (Å²) in [6.45, 7) is 1.82. The van der Waals surface area contributed by atoms with E-state index in [1.54, 1.807) is 17.5 Å². The van der Waals surface area contributed by atoms with Crippen molar-refractivity contribution in [3.8, 4) is 5.75 Å². The molecule has 0 bridgehead atoms. The summed E-state index contributed by atoms with van der Waals surface area (Å²) in [5.41, 5.74) is 2.85. The van der Waals surface area contributed by atoms with E-state index in [1.165, 1.54) is 15.6 Å². The molecule has 1 aromatic heterocycles. The van der Waals surface area contributed by atoms with Crippen LogP contribution in [0.25, 0.3) is 0 Å². The van der Waals surface area contributed by atoms with E-state index < -0.39 is 10.0 Å². The molecule has 8 heteroatoms. The van der Waals surface area contributed by atoms with Gasteiger partial charge in [-0.15, -0.1) is 11.3 Å². The highest BCUT2D eigenvalue weighted by atomic mass is 35.5. The summed E-state index contributed by atoms with van der Waals surface area (Å²) in [4.78, 5) is 0. The van der Waals surface area contributed by atoms with E-state index in [0.29, 0.717) is 35.6 Å². The zero-order valence-electron chi connectivity index (χ0n) is 15.6. The van der Waals surface area contributed by atoms with Crippen LogP contribution in [0, 0.1) is 0 Å². The molecule has 0 atom stereocenters. The van der Waals surface area contributed by atoms with Crippen molar-refractivity contribution in [1.29, 1.82) is 0 Å². The molecule has 1 aliphatic heterocycles. The van der Waals surface area contributed by atoms with E-state index in [-0.39, 0.29) is 6.54 Å². The second kappa shape index (κ2) is 8.85. The van der Waals surface area contributed by atoms with Gasteiger partial charge in [-0.2, -0.15) is 4.31 Å². The number of halogens is 1. The molecule has 0 saturated heterocycles. The fourth-order valence-corrected chi connectivity index (χ4v) is 5.80. The Morgan fingerprint density at radius 1 is 1.07 bits per heavy atom. The largest absolute Gasteiger partial charge is 0.492 e. The van der Waals surface area contributed by atoms with Gasteiger partial charge in [0.15, 0.2) is 0 Å². The number of hydrogen-bond donors (Lipinski definition) is 0. The van der Waals surface area contributed by atoms with Crippen molar-refractivity contribution in [3.63, 3.8) is 0 Å². The monoisotopic (exact) mass is 449 g/mol. The number of sulfonamides is 1. The summed E-state index contributed by atoms with van der Waals surface area (Å²) in [7, 11) is -3.52. The van der Waals surface area contributed by atoms with Crippen LogP contribution in [0.5, 0.6) is 5.75 Å². The molecule has 0 fully saturated rings. The Kier molecular flexibility index (Phi) is 6.22. The minimum atomic E-state index is -3.52. The predicted molar refractivity (Wildman–Crippen MR) is 114 cm³/mol. The molecular weight excluding hydrogens is 430 g/mol. The van der Waals surface area contributed by atoms with E-state index in [1.807, 2.05) is 42.5 Å². The summed E-state index contributed by atoms with van der Waals surface area (Å²) in [5, 5.41) is 2.47. The van der Waals surface area contributed by atoms with Crippen LogP contribution < -0.4 is 4.74 Å². The second-order valence-corrected chi connectivity index (χ2v) is 10.2. The van der Waals surface area contributed by atoms with E-state index in [4.69, 9.17) is 21.1 Å². The van der Waals surface area contributed by atoms with Crippen molar-refractivity contribution in [2.45, 2.75) is 24.0 Å². The smallest absolute Gasteiger partial charge is 0.252 e. The number of fused-ring (bicyclic) bond motifs is 1. The van der Waals surface area contributed by atoms with Crippen molar-refractivity contribution in [2.24, 2.45) is 0 Å². The fraction of sp³-hybridized carbons (Fsp3) is 0.238. The maximum Gasteiger partial charge on any atom is 0.252 e. The number of benzene rings is 2. The molecule has 4 rings (SSSR count). The van der Waals surface area contributed by atoms with Gasteiger partial charge in [-0.25, -0.2) is 8.42 Å². The molecule has 0 N–H and O–H groups in total. The average molecular weight is 450 g/mol. The highest BCUT2D eigenvalue weighted by Crippen LogP contribution is 2.29. The molecule has 29 heavy (non-hydrogen) atoms. The Labute approximate surface area is 179 Å². The van der Waals surface area contributed by atoms with Gasteiger partial charge < -0.3 is 9.47 Å². The van der Waals surface area contributed by atoms with Crippen LogP contribution in [0.4, 0.5) is 0 Å². The lowest BCUT2D eigenvalue weighted by Gasteiger charge is -2.18. The Bertz CT molecular complexity index is 1070. The van der Waals surface area contributed by atoms with Gasteiger partial charge in [-0.05, 0) is 46.8 Å². The normalized spacial score (nSPS) is 14.8. The van der Waals surface area contributed by atoms with Crippen LogP contribution >= 0.6 is 22.9 Å². The van der Waals surface area contributed by atoms with E-state index >= 15 is 0 Å². The van der Waals surface area contributed by atoms with Crippen LogP contribution in [0.15, 0.2) is 64.2 Å². The number of rotatable bonds is 6. The first-order chi connectivity index (χ1) is 14.0. The second-order valence-electron chi connectivity index (χ2n) is 6.68. The van der Waals surface area contributed by atoms with E-state index in [2.05, 4.69) is 0 Å². The van der Waals surface area contributed by atoms with Gasteiger partial charge in [0.25, 0.3) is 10.0 Å². The number of thiophene rings is 1. The van der Waals surface area contributed by atoms with Gasteiger partial charge >= 0.3 is 0 Å². The third-order valence-electron chi connectivity index (χ3n) is 4.61. The Balaban J connectivity index is 1.46.